The predicted molar refractivity (Wildman–Crippen MR) is 90.9 cm³/mol. The Kier molecular flexibility index (Phi) is 4.15. The zero-order valence-corrected chi connectivity index (χ0v) is 13.9. The van der Waals surface area contributed by atoms with E-state index in [1.165, 1.54) is 0 Å². The summed E-state index contributed by atoms with van der Waals surface area (Å²) in [5, 5.41) is 3.02. The molecule has 7 nitrogen and oxygen atoms in total. The number of anilines is 1. The van der Waals surface area contributed by atoms with E-state index < -0.39 is 0 Å². The molecule has 1 atom stereocenters. The van der Waals surface area contributed by atoms with Gasteiger partial charge in [-0.2, -0.15) is 0 Å². The van der Waals surface area contributed by atoms with Gasteiger partial charge in [0.25, 0.3) is 5.91 Å². The number of benzene rings is 1. The van der Waals surface area contributed by atoms with E-state index in [0.717, 1.165) is 11.5 Å². The number of amides is 1. The molecule has 1 aromatic heterocycles. The predicted octanol–water partition coefficient (Wildman–Crippen LogP) is 2.07. The van der Waals surface area contributed by atoms with E-state index in [9.17, 15) is 4.79 Å². The monoisotopic (exact) mass is 341 g/mol. The maximum Gasteiger partial charge on any atom is 0.254 e. The zero-order chi connectivity index (χ0) is 17.2. The smallest absolute Gasteiger partial charge is 0.254 e. The van der Waals surface area contributed by atoms with Gasteiger partial charge in [-0.05, 0) is 30.3 Å². The Morgan fingerprint density at radius 1 is 1.24 bits per heavy atom. The molecule has 0 radical (unpaired) electrons. The van der Waals surface area contributed by atoms with Crippen molar-refractivity contribution < 1.29 is 19.0 Å². The molecule has 1 fully saturated rings. The van der Waals surface area contributed by atoms with E-state index in [1.807, 2.05) is 25.2 Å². The minimum absolute atomic E-state index is 0.0450. The number of morpholine rings is 1. The Balaban J connectivity index is 1.51. The highest BCUT2D eigenvalue weighted by molar-refractivity contribution is 5.95. The number of hydrogen-bond donors (Lipinski definition) is 1. The Bertz CT molecular complexity index is 796. The third kappa shape index (κ3) is 3.10. The van der Waals surface area contributed by atoms with Gasteiger partial charge in [0.05, 0.1) is 18.8 Å². The van der Waals surface area contributed by atoms with Crippen molar-refractivity contribution in [3.05, 3.63) is 47.7 Å². The Hall–Kier alpha value is -2.80. The van der Waals surface area contributed by atoms with Crippen LogP contribution in [-0.4, -0.2) is 49.3 Å². The van der Waals surface area contributed by atoms with Crippen LogP contribution in [-0.2, 0) is 4.74 Å². The number of rotatable bonds is 3. The van der Waals surface area contributed by atoms with Gasteiger partial charge < -0.3 is 24.4 Å². The highest BCUT2D eigenvalue weighted by atomic mass is 16.7. The van der Waals surface area contributed by atoms with Crippen LogP contribution in [0.3, 0.4) is 0 Å². The molecule has 0 aliphatic carbocycles. The van der Waals surface area contributed by atoms with Crippen LogP contribution >= 0.6 is 0 Å². The molecule has 130 valence electrons. The van der Waals surface area contributed by atoms with Gasteiger partial charge >= 0.3 is 0 Å². The van der Waals surface area contributed by atoms with Crippen LogP contribution in [0.25, 0.3) is 0 Å². The molecule has 2 aliphatic heterocycles. The van der Waals surface area contributed by atoms with Crippen LogP contribution in [0.2, 0.25) is 0 Å². The number of hydrogen-bond acceptors (Lipinski definition) is 6. The minimum Gasteiger partial charge on any atom is -0.454 e. The number of fused-ring (bicyclic) bond motifs is 1. The summed E-state index contributed by atoms with van der Waals surface area (Å²) in [5.74, 6) is 2.01. The summed E-state index contributed by atoms with van der Waals surface area (Å²) in [7, 11) is 1.82. The fourth-order valence-corrected chi connectivity index (χ4v) is 2.99. The summed E-state index contributed by atoms with van der Waals surface area (Å²) in [6.45, 7) is 1.69. The van der Waals surface area contributed by atoms with Crippen LogP contribution < -0.4 is 14.8 Å². The summed E-state index contributed by atoms with van der Waals surface area (Å²) in [6.07, 6.45) is -0.236. The van der Waals surface area contributed by atoms with Crippen molar-refractivity contribution in [2.45, 2.75) is 6.10 Å². The number of nitrogens with zero attached hydrogens (tertiary/aromatic N) is 2. The molecule has 1 aromatic carbocycles. The molecule has 3 heterocycles. The first-order chi connectivity index (χ1) is 12.2. The molecule has 1 amide bonds. The van der Waals surface area contributed by atoms with Crippen molar-refractivity contribution in [3.8, 4) is 11.5 Å². The van der Waals surface area contributed by atoms with E-state index in [4.69, 9.17) is 14.2 Å². The number of pyridine rings is 1. The highest BCUT2D eigenvalue weighted by Gasteiger charge is 2.28. The van der Waals surface area contributed by atoms with Crippen LogP contribution in [0.15, 0.2) is 36.4 Å². The van der Waals surface area contributed by atoms with Gasteiger partial charge in [-0.1, -0.05) is 6.07 Å². The van der Waals surface area contributed by atoms with Gasteiger partial charge in [0.15, 0.2) is 11.5 Å². The molecule has 7 heteroatoms. The van der Waals surface area contributed by atoms with Gasteiger partial charge in [0.2, 0.25) is 6.79 Å². The number of carbonyl (C=O) groups excluding carboxylic acids is 1. The second-order valence-corrected chi connectivity index (χ2v) is 5.88. The van der Waals surface area contributed by atoms with Crippen LogP contribution in [0.1, 0.15) is 22.2 Å². The SMILES string of the molecule is CNc1cccc(C2CN(C(=O)c3ccc4c(c3)OCO4)CCO2)n1. The first kappa shape index (κ1) is 15.7. The van der Waals surface area contributed by atoms with Crippen molar-refractivity contribution in [1.29, 1.82) is 0 Å². The van der Waals surface area contributed by atoms with Gasteiger partial charge in [0.1, 0.15) is 11.9 Å². The molecule has 1 N–H and O–H groups in total. The molecule has 1 unspecified atom stereocenters. The quantitative estimate of drug-likeness (QED) is 0.921. The third-order valence-corrected chi connectivity index (χ3v) is 4.33. The molecule has 4 rings (SSSR count). The Morgan fingerprint density at radius 3 is 3.00 bits per heavy atom. The lowest BCUT2D eigenvalue weighted by atomic mass is 10.1. The molecule has 0 saturated carbocycles. The first-order valence-corrected chi connectivity index (χ1v) is 8.20. The topological polar surface area (TPSA) is 72.9 Å². The number of aromatic nitrogens is 1. The summed E-state index contributed by atoms with van der Waals surface area (Å²) < 4.78 is 16.5. The third-order valence-electron chi connectivity index (χ3n) is 4.33. The molecule has 0 spiro atoms. The van der Waals surface area contributed by atoms with E-state index >= 15 is 0 Å². The molecule has 2 aliphatic rings. The summed E-state index contributed by atoms with van der Waals surface area (Å²) >= 11 is 0. The standard InChI is InChI=1S/C18H19N3O4/c1-19-17-4-2-3-13(20-17)16-10-21(7-8-23-16)18(22)12-5-6-14-15(9-12)25-11-24-14/h2-6,9,16H,7-8,10-11H2,1H3,(H,19,20). The lowest BCUT2D eigenvalue weighted by molar-refractivity contribution is -0.0246. The largest absolute Gasteiger partial charge is 0.454 e. The summed E-state index contributed by atoms with van der Waals surface area (Å²) in [4.78, 5) is 19.1. The van der Waals surface area contributed by atoms with Crippen molar-refractivity contribution in [2.24, 2.45) is 0 Å². The number of carbonyl (C=O) groups is 1. The summed E-state index contributed by atoms with van der Waals surface area (Å²) in [5.41, 5.74) is 1.40. The van der Waals surface area contributed by atoms with E-state index in [0.29, 0.717) is 36.8 Å². The lowest BCUT2D eigenvalue weighted by Gasteiger charge is -2.32. The zero-order valence-electron chi connectivity index (χ0n) is 13.9. The van der Waals surface area contributed by atoms with Crippen LogP contribution in [0.4, 0.5) is 5.82 Å². The Labute approximate surface area is 145 Å². The second-order valence-electron chi connectivity index (χ2n) is 5.88. The van der Waals surface area contributed by atoms with E-state index in [1.54, 1.807) is 23.1 Å². The maximum atomic E-state index is 12.8. The van der Waals surface area contributed by atoms with Crippen LogP contribution in [0.5, 0.6) is 11.5 Å². The number of nitrogens with one attached hydrogen (secondary N) is 1. The summed E-state index contributed by atoms with van der Waals surface area (Å²) in [6, 6.07) is 11.0. The highest BCUT2D eigenvalue weighted by Crippen LogP contribution is 2.33. The average Bonchev–Trinajstić information content (AvgIpc) is 3.15. The Morgan fingerprint density at radius 2 is 2.12 bits per heavy atom. The first-order valence-electron chi connectivity index (χ1n) is 8.20. The van der Waals surface area contributed by atoms with Crippen molar-refractivity contribution >= 4 is 11.7 Å². The maximum absolute atomic E-state index is 12.8. The van der Waals surface area contributed by atoms with Gasteiger partial charge in [-0.25, -0.2) is 4.98 Å². The van der Waals surface area contributed by atoms with Crippen molar-refractivity contribution in [3.63, 3.8) is 0 Å². The van der Waals surface area contributed by atoms with Gasteiger partial charge in [0, 0.05) is 19.2 Å². The van der Waals surface area contributed by atoms with E-state index in [-0.39, 0.29) is 18.8 Å². The normalized spacial score (nSPS) is 18.9. The fraction of sp³-hybridized carbons (Fsp3) is 0.333. The van der Waals surface area contributed by atoms with Crippen LogP contribution in [0, 0.1) is 0 Å². The molecule has 1 saturated heterocycles. The molecule has 25 heavy (non-hydrogen) atoms. The molecular weight excluding hydrogens is 322 g/mol. The second kappa shape index (κ2) is 6.60. The van der Waals surface area contributed by atoms with E-state index in [2.05, 4.69) is 10.3 Å². The fourth-order valence-electron chi connectivity index (χ4n) is 2.99. The molecular formula is C18H19N3O4. The molecule has 2 aromatic rings. The lowest BCUT2D eigenvalue weighted by Crippen LogP contribution is -2.42. The minimum atomic E-state index is -0.236. The van der Waals surface area contributed by atoms with Crippen molar-refractivity contribution in [2.75, 3.05) is 38.9 Å². The average molecular weight is 341 g/mol. The van der Waals surface area contributed by atoms with Gasteiger partial charge in [-0.3, -0.25) is 4.79 Å². The van der Waals surface area contributed by atoms with Crippen molar-refractivity contribution in [1.82, 2.24) is 9.88 Å². The number of ether oxygens (including phenoxy) is 3. The van der Waals surface area contributed by atoms with Gasteiger partial charge in [-0.15, -0.1) is 0 Å². The molecule has 0 bridgehead atoms.